The monoisotopic (exact) mass is 539 g/mol. The van der Waals surface area contributed by atoms with Crippen molar-refractivity contribution in [2.75, 3.05) is 26.2 Å². The van der Waals surface area contributed by atoms with Crippen molar-refractivity contribution < 1.29 is 13.2 Å². The molecule has 0 aliphatic carbocycles. The Hall–Kier alpha value is -2.71. The van der Waals surface area contributed by atoms with Gasteiger partial charge in [-0.1, -0.05) is 61.0 Å². The fourth-order valence-corrected chi connectivity index (χ4v) is 6.56. The Morgan fingerprint density at radius 1 is 0.973 bits per heavy atom. The number of nitrogens with zero attached hydrogens (tertiary/aromatic N) is 2. The molecule has 1 aliphatic rings. The normalized spacial score (nSPS) is 15.1. The average molecular weight is 540 g/mol. The van der Waals surface area contributed by atoms with Crippen LogP contribution in [0.25, 0.3) is 0 Å². The number of rotatable bonds is 11. The van der Waals surface area contributed by atoms with Crippen LogP contribution in [0, 0.1) is 0 Å². The molecule has 0 bridgehead atoms. The number of hydrogen-bond donors (Lipinski definition) is 1. The molecule has 8 heteroatoms. The average Bonchev–Trinajstić information content (AvgIpc) is 3.43. The number of benzene rings is 3. The third-order valence-electron chi connectivity index (χ3n) is 6.81. The summed E-state index contributed by atoms with van der Waals surface area (Å²) >= 11 is 6.02. The van der Waals surface area contributed by atoms with Crippen molar-refractivity contribution in [3.8, 4) is 0 Å². The molecule has 1 atom stereocenters. The van der Waals surface area contributed by atoms with Gasteiger partial charge in [-0.05, 0) is 79.9 Å². The van der Waals surface area contributed by atoms with Crippen molar-refractivity contribution in [1.29, 1.82) is 0 Å². The maximum absolute atomic E-state index is 13.8. The minimum Gasteiger partial charge on any atom is -0.351 e. The van der Waals surface area contributed by atoms with Crippen LogP contribution in [-0.4, -0.2) is 49.7 Å². The van der Waals surface area contributed by atoms with Crippen molar-refractivity contribution in [2.24, 2.45) is 0 Å². The van der Waals surface area contributed by atoms with E-state index in [2.05, 4.69) is 10.2 Å². The Labute approximate surface area is 225 Å². The first-order valence-corrected chi connectivity index (χ1v) is 14.6. The molecule has 4 rings (SSSR count). The summed E-state index contributed by atoms with van der Waals surface area (Å²) in [5, 5.41) is 3.47. The highest BCUT2D eigenvalue weighted by Gasteiger charge is 2.32. The van der Waals surface area contributed by atoms with Crippen molar-refractivity contribution in [3.63, 3.8) is 0 Å². The lowest BCUT2D eigenvalue weighted by atomic mass is 10.0. The smallest absolute Gasteiger partial charge is 0.251 e. The van der Waals surface area contributed by atoms with E-state index in [0.717, 1.165) is 30.8 Å². The number of carbonyl (C=O) groups is 1. The van der Waals surface area contributed by atoms with Crippen LogP contribution >= 0.6 is 11.6 Å². The van der Waals surface area contributed by atoms with E-state index in [0.29, 0.717) is 23.6 Å². The molecule has 1 unspecified atom stereocenters. The van der Waals surface area contributed by atoms with E-state index in [9.17, 15) is 13.2 Å². The van der Waals surface area contributed by atoms with E-state index in [-0.39, 0.29) is 23.4 Å². The van der Waals surface area contributed by atoms with Gasteiger partial charge in [0.15, 0.2) is 0 Å². The van der Waals surface area contributed by atoms with Crippen LogP contribution in [0.2, 0.25) is 5.02 Å². The van der Waals surface area contributed by atoms with Crippen LogP contribution in [0.5, 0.6) is 0 Å². The maximum Gasteiger partial charge on any atom is 0.251 e. The molecule has 37 heavy (non-hydrogen) atoms. The number of likely N-dealkylation sites (tertiary alicyclic amines) is 1. The van der Waals surface area contributed by atoms with Crippen LogP contribution < -0.4 is 5.32 Å². The molecular weight excluding hydrogens is 506 g/mol. The van der Waals surface area contributed by atoms with Gasteiger partial charge in [0.2, 0.25) is 10.0 Å². The third kappa shape index (κ3) is 6.99. The van der Waals surface area contributed by atoms with Crippen LogP contribution in [0.4, 0.5) is 0 Å². The number of nitrogens with one attached hydrogen (secondary N) is 1. The van der Waals surface area contributed by atoms with E-state index >= 15 is 0 Å². The summed E-state index contributed by atoms with van der Waals surface area (Å²) in [5.41, 5.74) is 2.30. The Bertz CT molecular complexity index is 1260. The minimum atomic E-state index is -3.83. The topological polar surface area (TPSA) is 69.7 Å². The quantitative estimate of drug-likeness (QED) is 0.349. The summed E-state index contributed by atoms with van der Waals surface area (Å²) in [4.78, 5) is 15.2. The molecule has 0 spiro atoms. The summed E-state index contributed by atoms with van der Waals surface area (Å²) in [6.07, 6.45) is 3.06. The zero-order chi connectivity index (χ0) is 26.3. The van der Waals surface area contributed by atoms with Crippen molar-refractivity contribution >= 4 is 27.5 Å². The fraction of sp³-hybridized carbons (Fsp3) is 0.345. The molecule has 1 saturated heterocycles. The van der Waals surface area contributed by atoms with Gasteiger partial charge in [0.05, 0.1) is 10.9 Å². The highest BCUT2D eigenvalue weighted by atomic mass is 35.5. The van der Waals surface area contributed by atoms with E-state index in [1.165, 1.54) is 29.3 Å². The summed E-state index contributed by atoms with van der Waals surface area (Å²) in [5.74, 6) is -0.118. The lowest BCUT2D eigenvalue weighted by molar-refractivity contribution is 0.0949. The van der Waals surface area contributed by atoms with Crippen molar-refractivity contribution in [2.45, 2.75) is 43.7 Å². The van der Waals surface area contributed by atoms with Gasteiger partial charge in [-0.3, -0.25) is 4.79 Å². The molecule has 1 N–H and O–H groups in total. The first-order valence-electron chi connectivity index (χ1n) is 12.8. The van der Waals surface area contributed by atoms with E-state index in [1.807, 2.05) is 49.4 Å². The highest BCUT2D eigenvalue weighted by molar-refractivity contribution is 7.89. The van der Waals surface area contributed by atoms with Gasteiger partial charge in [0, 0.05) is 30.2 Å². The van der Waals surface area contributed by atoms with Gasteiger partial charge < -0.3 is 10.2 Å². The maximum atomic E-state index is 13.8. The molecule has 0 saturated carbocycles. The summed E-state index contributed by atoms with van der Waals surface area (Å²) < 4.78 is 29.2. The fourth-order valence-electron chi connectivity index (χ4n) is 4.76. The molecule has 1 fully saturated rings. The van der Waals surface area contributed by atoms with Crippen LogP contribution in [0.3, 0.4) is 0 Å². The molecule has 3 aromatic carbocycles. The van der Waals surface area contributed by atoms with Crippen molar-refractivity contribution in [1.82, 2.24) is 14.5 Å². The van der Waals surface area contributed by atoms with E-state index in [4.69, 9.17) is 11.6 Å². The van der Waals surface area contributed by atoms with Gasteiger partial charge in [0.25, 0.3) is 5.91 Å². The summed E-state index contributed by atoms with van der Waals surface area (Å²) in [6.45, 7) is 5.83. The van der Waals surface area contributed by atoms with E-state index in [1.54, 1.807) is 24.3 Å². The van der Waals surface area contributed by atoms with Gasteiger partial charge in [0.1, 0.15) is 0 Å². The Morgan fingerprint density at radius 3 is 2.24 bits per heavy atom. The summed E-state index contributed by atoms with van der Waals surface area (Å²) in [7, 11) is -3.83. The van der Waals surface area contributed by atoms with Crippen LogP contribution in [0.15, 0.2) is 83.8 Å². The van der Waals surface area contributed by atoms with Crippen LogP contribution in [-0.2, 0) is 16.6 Å². The molecule has 1 aliphatic heterocycles. The standard InChI is InChI=1S/C29H34ClN3O3S/c1-2-28(24-8-4-3-5-9-24)33(37(35,36)27-16-14-26(30)15-17-27)22-23-10-12-25(13-11-23)29(34)31-18-21-32-19-6-7-20-32/h3-5,8-17,28H,2,6-7,18-22H2,1H3,(H,31,34). The lowest BCUT2D eigenvalue weighted by Crippen LogP contribution is -2.34. The largest absolute Gasteiger partial charge is 0.351 e. The van der Waals surface area contributed by atoms with E-state index < -0.39 is 10.0 Å². The molecule has 0 radical (unpaired) electrons. The zero-order valence-corrected chi connectivity index (χ0v) is 22.7. The molecule has 3 aromatic rings. The van der Waals surface area contributed by atoms with Gasteiger partial charge in [-0.2, -0.15) is 4.31 Å². The molecular formula is C29H34ClN3O3S. The number of sulfonamides is 1. The SMILES string of the molecule is CCC(c1ccccc1)N(Cc1ccc(C(=O)NCCN2CCCC2)cc1)S(=O)(=O)c1ccc(Cl)cc1. The molecule has 1 amide bonds. The second kappa shape index (κ2) is 12.7. The van der Waals surface area contributed by atoms with Crippen LogP contribution in [0.1, 0.15) is 53.7 Å². The van der Waals surface area contributed by atoms with Gasteiger partial charge >= 0.3 is 0 Å². The molecule has 6 nitrogen and oxygen atoms in total. The predicted molar refractivity (Wildman–Crippen MR) is 148 cm³/mol. The first kappa shape index (κ1) is 27.3. The van der Waals surface area contributed by atoms with Gasteiger partial charge in [-0.15, -0.1) is 0 Å². The Balaban J connectivity index is 1.53. The Morgan fingerprint density at radius 2 is 1.62 bits per heavy atom. The number of amides is 1. The third-order valence-corrected chi connectivity index (χ3v) is 8.93. The Kier molecular flexibility index (Phi) is 9.38. The predicted octanol–water partition coefficient (Wildman–Crippen LogP) is 5.51. The molecule has 1 heterocycles. The number of carbonyl (C=O) groups excluding carboxylic acids is 1. The first-order chi connectivity index (χ1) is 17.9. The van der Waals surface area contributed by atoms with Crippen molar-refractivity contribution in [3.05, 3.63) is 101 Å². The minimum absolute atomic E-state index is 0.118. The lowest BCUT2D eigenvalue weighted by Gasteiger charge is -2.31. The zero-order valence-electron chi connectivity index (χ0n) is 21.1. The molecule has 196 valence electrons. The number of hydrogen-bond acceptors (Lipinski definition) is 4. The second-order valence-electron chi connectivity index (χ2n) is 9.34. The summed E-state index contributed by atoms with van der Waals surface area (Å²) in [6, 6.07) is 22.8. The highest BCUT2D eigenvalue weighted by Crippen LogP contribution is 2.32. The second-order valence-corrected chi connectivity index (χ2v) is 11.7. The molecule has 0 aromatic heterocycles. The number of halogens is 1. The van der Waals surface area contributed by atoms with Gasteiger partial charge in [-0.25, -0.2) is 8.42 Å².